The van der Waals surface area contributed by atoms with Crippen molar-refractivity contribution in [2.24, 2.45) is 0 Å². The zero-order valence-corrected chi connectivity index (χ0v) is 16.6. The summed E-state index contributed by atoms with van der Waals surface area (Å²) in [6.45, 7) is 2.14. The average Bonchev–Trinajstić information content (AvgIpc) is 2.74. The molecule has 2 aliphatic heterocycles. The molecule has 6 atom stereocenters. The monoisotopic (exact) mass is 392 g/mol. The van der Waals surface area contributed by atoms with Crippen molar-refractivity contribution >= 4 is 5.78 Å². The molecule has 4 rings (SSSR count). The maximum atomic E-state index is 13.1. The summed E-state index contributed by atoms with van der Waals surface area (Å²) in [5, 5.41) is 0. The molecular formula is C21H28O7. The zero-order valence-electron chi connectivity index (χ0n) is 16.6. The van der Waals surface area contributed by atoms with Gasteiger partial charge >= 0.3 is 0 Å². The number of Topliss-reactive ketones (excluding diaryl/α,β-unsaturated/α-hetero) is 1. The van der Waals surface area contributed by atoms with Gasteiger partial charge in [-0.1, -0.05) is 30.3 Å². The fraction of sp³-hybridized carbons (Fsp3) is 0.667. The molecule has 3 fully saturated rings. The number of benzene rings is 1. The van der Waals surface area contributed by atoms with Gasteiger partial charge in [-0.05, 0) is 25.3 Å². The van der Waals surface area contributed by atoms with Crippen molar-refractivity contribution in [2.45, 2.75) is 75.4 Å². The molecule has 1 aliphatic carbocycles. The van der Waals surface area contributed by atoms with Crippen LogP contribution in [0, 0.1) is 0 Å². The third-order valence-electron chi connectivity index (χ3n) is 6.00. The summed E-state index contributed by atoms with van der Waals surface area (Å²) >= 11 is 0. The Labute approximate surface area is 165 Å². The van der Waals surface area contributed by atoms with Crippen LogP contribution in [0.1, 0.15) is 38.2 Å². The Kier molecular flexibility index (Phi) is 5.57. The molecule has 0 unspecified atom stereocenters. The maximum Gasteiger partial charge on any atom is 0.224 e. The summed E-state index contributed by atoms with van der Waals surface area (Å²) in [6, 6.07) is 9.66. The van der Waals surface area contributed by atoms with Crippen molar-refractivity contribution in [3.05, 3.63) is 35.9 Å². The van der Waals surface area contributed by atoms with E-state index >= 15 is 0 Å². The molecule has 3 aliphatic rings. The highest BCUT2D eigenvalue weighted by Crippen LogP contribution is 2.50. The number of methoxy groups -OCH3 is 2. The van der Waals surface area contributed by atoms with Gasteiger partial charge in [0.05, 0.1) is 12.7 Å². The molecule has 154 valence electrons. The second kappa shape index (κ2) is 7.82. The van der Waals surface area contributed by atoms with Crippen LogP contribution >= 0.6 is 0 Å². The minimum absolute atomic E-state index is 0.277. The Bertz CT molecular complexity index is 695. The molecule has 7 heteroatoms. The van der Waals surface area contributed by atoms with Gasteiger partial charge in [-0.3, -0.25) is 4.79 Å². The van der Waals surface area contributed by atoms with E-state index in [1.165, 1.54) is 0 Å². The fourth-order valence-electron chi connectivity index (χ4n) is 4.46. The van der Waals surface area contributed by atoms with Crippen molar-refractivity contribution < 1.29 is 33.2 Å². The lowest BCUT2D eigenvalue weighted by Crippen LogP contribution is -2.73. The van der Waals surface area contributed by atoms with Gasteiger partial charge in [-0.15, -0.1) is 0 Å². The summed E-state index contributed by atoms with van der Waals surface area (Å²) in [7, 11) is 3.16. The first-order valence-electron chi connectivity index (χ1n) is 9.85. The molecule has 1 aromatic rings. The maximum absolute atomic E-state index is 13.1. The summed E-state index contributed by atoms with van der Waals surface area (Å²) in [6.07, 6.45) is 0.268. The average molecular weight is 392 g/mol. The molecule has 1 saturated carbocycles. The topological polar surface area (TPSA) is 72.5 Å². The van der Waals surface area contributed by atoms with E-state index < -0.39 is 36.2 Å². The number of carbonyl (C=O) groups excluding carboxylic acids is 1. The lowest BCUT2D eigenvalue weighted by atomic mass is 9.84. The SMILES string of the molecule is CO[C@@]12CCCC[C@@]1(OC)O[C@H]1C(=O)[C@H](OCc3ccccc3)O[C@@H](C)[C@@H]1O2. The highest BCUT2D eigenvalue weighted by atomic mass is 16.8. The summed E-state index contributed by atoms with van der Waals surface area (Å²) in [4.78, 5) is 13.1. The summed E-state index contributed by atoms with van der Waals surface area (Å²) < 4.78 is 35.8. The van der Waals surface area contributed by atoms with Crippen molar-refractivity contribution in [1.82, 2.24) is 0 Å². The van der Waals surface area contributed by atoms with Crippen LogP contribution in [0.25, 0.3) is 0 Å². The van der Waals surface area contributed by atoms with Gasteiger partial charge in [0.2, 0.25) is 23.6 Å². The molecule has 0 spiro atoms. The van der Waals surface area contributed by atoms with Gasteiger partial charge < -0.3 is 28.4 Å². The normalized spacial score (nSPS) is 40.6. The lowest BCUT2D eigenvalue weighted by Gasteiger charge is -2.58. The smallest absolute Gasteiger partial charge is 0.224 e. The third-order valence-corrected chi connectivity index (χ3v) is 6.00. The van der Waals surface area contributed by atoms with E-state index in [0.717, 1.165) is 18.4 Å². The predicted molar refractivity (Wildman–Crippen MR) is 98.3 cm³/mol. The first-order valence-corrected chi connectivity index (χ1v) is 9.85. The largest absolute Gasteiger partial charge is 0.349 e. The van der Waals surface area contributed by atoms with Crippen LogP contribution in [0.3, 0.4) is 0 Å². The number of carbonyl (C=O) groups is 1. The zero-order chi connectivity index (χ0) is 19.8. The second-order valence-electron chi connectivity index (χ2n) is 7.61. The van der Waals surface area contributed by atoms with Crippen LogP contribution < -0.4 is 0 Å². The second-order valence-corrected chi connectivity index (χ2v) is 7.61. The molecule has 2 heterocycles. The lowest BCUT2D eigenvalue weighted by molar-refractivity contribution is -0.475. The Morgan fingerprint density at radius 2 is 1.68 bits per heavy atom. The first kappa shape index (κ1) is 19.9. The quantitative estimate of drug-likeness (QED) is 0.762. The van der Waals surface area contributed by atoms with Gasteiger partial charge in [0.1, 0.15) is 6.10 Å². The number of fused-ring (bicyclic) bond motifs is 2. The van der Waals surface area contributed by atoms with Crippen molar-refractivity contribution in [2.75, 3.05) is 14.2 Å². The fourth-order valence-corrected chi connectivity index (χ4v) is 4.46. The Hall–Kier alpha value is -1.35. The number of hydrogen-bond acceptors (Lipinski definition) is 7. The van der Waals surface area contributed by atoms with Crippen LogP contribution in [0.2, 0.25) is 0 Å². The molecule has 0 aromatic heterocycles. The Balaban J connectivity index is 1.54. The minimum Gasteiger partial charge on any atom is -0.349 e. The van der Waals surface area contributed by atoms with Crippen LogP contribution in [0.4, 0.5) is 0 Å². The third kappa shape index (κ3) is 3.20. The van der Waals surface area contributed by atoms with Crippen LogP contribution in [0.15, 0.2) is 30.3 Å². The summed E-state index contributed by atoms with van der Waals surface area (Å²) in [5.41, 5.74) is 0.966. The molecular weight excluding hydrogens is 364 g/mol. The standard InChI is InChI=1S/C21H28O7/c1-14-17-18(16(22)19(26-14)25-13-15-9-5-4-6-10-15)28-21(24-3)12-8-7-11-20(21,23-2)27-17/h4-6,9-10,14,17-19H,7-8,11-13H2,1-3H3/t14-,17-,18-,19+,20+,21+/m0/s1. The highest BCUT2D eigenvalue weighted by Gasteiger charge is 2.66. The van der Waals surface area contributed by atoms with Crippen molar-refractivity contribution in [1.29, 1.82) is 0 Å². The van der Waals surface area contributed by atoms with E-state index in [4.69, 9.17) is 28.4 Å². The van der Waals surface area contributed by atoms with E-state index in [0.29, 0.717) is 12.8 Å². The van der Waals surface area contributed by atoms with Gasteiger partial charge in [-0.25, -0.2) is 0 Å². The number of rotatable bonds is 5. The minimum atomic E-state index is -1.11. The highest BCUT2D eigenvalue weighted by molar-refractivity contribution is 5.88. The van der Waals surface area contributed by atoms with Crippen LogP contribution in [-0.2, 0) is 39.8 Å². The molecule has 1 aromatic carbocycles. The molecule has 7 nitrogen and oxygen atoms in total. The van der Waals surface area contributed by atoms with Gasteiger partial charge in [0.15, 0.2) is 6.10 Å². The van der Waals surface area contributed by atoms with E-state index in [-0.39, 0.29) is 12.4 Å². The first-order chi connectivity index (χ1) is 13.5. The van der Waals surface area contributed by atoms with Crippen molar-refractivity contribution in [3.8, 4) is 0 Å². The van der Waals surface area contributed by atoms with Gasteiger partial charge in [0.25, 0.3) is 0 Å². The molecule has 0 radical (unpaired) electrons. The Morgan fingerprint density at radius 3 is 2.32 bits per heavy atom. The van der Waals surface area contributed by atoms with E-state index in [1.54, 1.807) is 14.2 Å². The number of hydrogen-bond donors (Lipinski definition) is 0. The molecule has 0 bridgehead atoms. The molecule has 28 heavy (non-hydrogen) atoms. The summed E-state index contributed by atoms with van der Waals surface area (Å²) in [5.74, 6) is -2.44. The van der Waals surface area contributed by atoms with E-state index in [9.17, 15) is 4.79 Å². The molecule has 2 saturated heterocycles. The predicted octanol–water partition coefficient (Wildman–Crippen LogP) is 2.56. The van der Waals surface area contributed by atoms with Gasteiger partial charge in [-0.2, -0.15) is 0 Å². The molecule has 0 N–H and O–H groups in total. The molecule has 0 amide bonds. The number of ether oxygens (including phenoxy) is 6. The van der Waals surface area contributed by atoms with E-state index in [1.807, 2.05) is 37.3 Å². The van der Waals surface area contributed by atoms with Crippen LogP contribution in [0.5, 0.6) is 0 Å². The van der Waals surface area contributed by atoms with Gasteiger partial charge in [0, 0.05) is 27.1 Å². The van der Waals surface area contributed by atoms with E-state index in [2.05, 4.69) is 0 Å². The van der Waals surface area contributed by atoms with Crippen molar-refractivity contribution in [3.63, 3.8) is 0 Å². The Morgan fingerprint density at radius 1 is 1.04 bits per heavy atom. The van der Waals surface area contributed by atoms with Crippen LogP contribution in [-0.4, -0.2) is 56.2 Å². The number of ketones is 1.